The van der Waals surface area contributed by atoms with Gasteiger partial charge in [0.2, 0.25) is 0 Å². The number of ether oxygens (including phenoxy) is 1. The molecule has 1 N–H and O–H groups in total. The largest absolute Gasteiger partial charge is 0.469 e. The predicted octanol–water partition coefficient (Wildman–Crippen LogP) is 0.869. The third kappa shape index (κ3) is 3.42. The van der Waals surface area contributed by atoms with Crippen molar-refractivity contribution in [1.82, 2.24) is 10.2 Å². The second-order valence-electron chi connectivity index (χ2n) is 5.25. The fraction of sp³-hybridized carbons (Fsp3) is 0.923. The minimum Gasteiger partial charge on any atom is -0.469 e. The van der Waals surface area contributed by atoms with Crippen molar-refractivity contribution in [3.05, 3.63) is 0 Å². The molecule has 2 atom stereocenters. The molecule has 0 aromatic rings. The Morgan fingerprint density at radius 2 is 2.24 bits per heavy atom. The topological polar surface area (TPSA) is 41.6 Å². The van der Waals surface area contributed by atoms with E-state index >= 15 is 0 Å². The molecule has 2 rings (SSSR count). The summed E-state index contributed by atoms with van der Waals surface area (Å²) in [4.78, 5) is 14.3. The van der Waals surface area contributed by atoms with Crippen LogP contribution in [-0.4, -0.2) is 50.2 Å². The number of nitrogens with one attached hydrogen (secondary N) is 1. The van der Waals surface area contributed by atoms with Crippen LogP contribution in [-0.2, 0) is 9.53 Å². The lowest BCUT2D eigenvalue weighted by molar-refractivity contribution is -0.147. The molecule has 1 heterocycles. The van der Waals surface area contributed by atoms with E-state index in [-0.39, 0.29) is 11.9 Å². The van der Waals surface area contributed by atoms with Gasteiger partial charge in [0.15, 0.2) is 0 Å². The molecule has 1 aliphatic heterocycles. The van der Waals surface area contributed by atoms with E-state index < -0.39 is 0 Å². The van der Waals surface area contributed by atoms with Crippen molar-refractivity contribution in [3.8, 4) is 0 Å². The van der Waals surface area contributed by atoms with Gasteiger partial charge < -0.3 is 15.0 Å². The summed E-state index contributed by atoms with van der Waals surface area (Å²) in [5.41, 5.74) is 0. The first kappa shape index (κ1) is 12.8. The quantitative estimate of drug-likeness (QED) is 0.700. The Kier molecular flexibility index (Phi) is 4.40. The Labute approximate surface area is 104 Å². The lowest BCUT2D eigenvalue weighted by Crippen LogP contribution is -2.37. The minimum absolute atomic E-state index is 0.0390. The third-order valence-corrected chi connectivity index (χ3v) is 4.03. The molecule has 1 saturated carbocycles. The van der Waals surface area contributed by atoms with Crippen molar-refractivity contribution in [2.24, 2.45) is 11.8 Å². The average Bonchev–Trinajstić information content (AvgIpc) is 3.05. The van der Waals surface area contributed by atoms with Crippen molar-refractivity contribution < 1.29 is 9.53 Å². The number of esters is 1. The van der Waals surface area contributed by atoms with Crippen LogP contribution in [0, 0.1) is 11.8 Å². The van der Waals surface area contributed by atoms with Gasteiger partial charge in [0, 0.05) is 19.1 Å². The molecule has 2 fully saturated rings. The lowest BCUT2D eigenvalue weighted by Gasteiger charge is -2.22. The van der Waals surface area contributed by atoms with Gasteiger partial charge in [-0.15, -0.1) is 0 Å². The summed E-state index contributed by atoms with van der Waals surface area (Å²) in [5, 5.41) is 3.46. The summed E-state index contributed by atoms with van der Waals surface area (Å²) in [7, 11) is 1.50. The van der Waals surface area contributed by atoms with Gasteiger partial charge in [-0.2, -0.15) is 0 Å². The lowest BCUT2D eigenvalue weighted by atomic mass is 9.91. The van der Waals surface area contributed by atoms with E-state index in [0.717, 1.165) is 32.6 Å². The van der Waals surface area contributed by atoms with Gasteiger partial charge in [0.1, 0.15) is 0 Å². The van der Waals surface area contributed by atoms with Gasteiger partial charge in [-0.3, -0.25) is 4.79 Å². The normalized spacial score (nSPS) is 27.1. The fourth-order valence-electron chi connectivity index (χ4n) is 2.65. The van der Waals surface area contributed by atoms with Crippen LogP contribution >= 0.6 is 0 Å². The van der Waals surface area contributed by atoms with Crippen molar-refractivity contribution in [3.63, 3.8) is 0 Å². The highest BCUT2D eigenvalue weighted by molar-refractivity contribution is 5.73. The summed E-state index contributed by atoms with van der Waals surface area (Å²) in [5.74, 6) is 0.465. The van der Waals surface area contributed by atoms with E-state index in [2.05, 4.69) is 17.1 Å². The molecular weight excluding hydrogens is 216 g/mol. The van der Waals surface area contributed by atoms with Gasteiger partial charge in [-0.25, -0.2) is 0 Å². The summed E-state index contributed by atoms with van der Waals surface area (Å²) in [6.45, 7) is 6.22. The number of carbonyl (C=O) groups is 1. The number of hydrogen-bond acceptors (Lipinski definition) is 4. The Bertz CT molecular complexity index is 266. The maximum atomic E-state index is 11.8. The van der Waals surface area contributed by atoms with Crippen LogP contribution in [0.5, 0.6) is 0 Å². The first-order valence-corrected chi connectivity index (χ1v) is 6.78. The molecule has 0 aromatic heterocycles. The predicted molar refractivity (Wildman–Crippen MR) is 66.8 cm³/mol. The maximum absolute atomic E-state index is 11.8. The molecule has 17 heavy (non-hydrogen) atoms. The summed E-state index contributed by atoms with van der Waals surface area (Å²) in [6, 6.07) is 0.658. The smallest absolute Gasteiger partial charge is 0.310 e. The van der Waals surface area contributed by atoms with E-state index in [1.165, 1.54) is 20.0 Å². The molecule has 2 aliphatic rings. The Morgan fingerprint density at radius 1 is 1.47 bits per heavy atom. The molecule has 0 amide bonds. The van der Waals surface area contributed by atoms with Gasteiger partial charge in [-0.1, -0.05) is 6.92 Å². The molecule has 0 bridgehead atoms. The van der Waals surface area contributed by atoms with E-state index in [4.69, 9.17) is 4.74 Å². The van der Waals surface area contributed by atoms with Gasteiger partial charge >= 0.3 is 5.97 Å². The molecular formula is C13H24N2O2. The van der Waals surface area contributed by atoms with Crippen LogP contribution in [0.3, 0.4) is 0 Å². The highest BCUT2D eigenvalue weighted by Crippen LogP contribution is 2.26. The number of methoxy groups -OCH3 is 1. The first-order chi connectivity index (χ1) is 8.24. The van der Waals surface area contributed by atoms with Crippen LogP contribution < -0.4 is 5.32 Å². The third-order valence-electron chi connectivity index (χ3n) is 4.03. The summed E-state index contributed by atoms with van der Waals surface area (Å²) < 4.78 is 4.95. The zero-order valence-corrected chi connectivity index (χ0v) is 10.9. The standard InChI is InChI=1S/C13H24N2O2/c1-3-15-7-6-10(9-15)12(13(16)17-2)8-14-11-4-5-11/h10-12,14H,3-9H2,1-2H3. The average molecular weight is 240 g/mol. The zero-order valence-electron chi connectivity index (χ0n) is 10.9. The van der Waals surface area contributed by atoms with Crippen LogP contribution in [0.15, 0.2) is 0 Å². The van der Waals surface area contributed by atoms with Gasteiger partial charge in [-0.05, 0) is 38.3 Å². The van der Waals surface area contributed by atoms with Crippen molar-refractivity contribution in [2.75, 3.05) is 33.3 Å². The van der Waals surface area contributed by atoms with Crippen molar-refractivity contribution in [1.29, 1.82) is 0 Å². The summed E-state index contributed by atoms with van der Waals surface area (Å²) in [6.07, 6.45) is 3.65. The number of hydrogen-bond donors (Lipinski definition) is 1. The SMILES string of the molecule is CCN1CCC(C(CNC2CC2)C(=O)OC)C1. The molecule has 1 saturated heterocycles. The van der Waals surface area contributed by atoms with E-state index in [1.807, 2.05) is 0 Å². The summed E-state index contributed by atoms with van der Waals surface area (Å²) >= 11 is 0. The molecule has 4 heteroatoms. The van der Waals surface area contributed by atoms with E-state index in [0.29, 0.717) is 12.0 Å². The van der Waals surface area contributed by atoms with E-state index in [1.54, 1.807) is 0 Å². The first-order valence-electron chi connectivity index (χ1n) is 6.78. The second-order valence-corrected chi connectivity index (χ2v) is 5.25. The molecule has 98 valence electrons. The number of likely N-dealkylation sites (tertiary alicyclic amines) is 1. The van der Waals surface area contributed by atoms with Crippen LogP contribution in [0.1, 0.15) is 26.2 Å². The van der Waals surface area contributed by atoms with E-state index in [9.17, 15) is 4.79 Å². The van der Waals surface area contributed by atoms with Gasteiger partial charge in [0.25, 0.3) is 0 Å². The van der Waals surface area contributed by atoms with Crippen LogP contribution in [0.25, 0.3) is 0 Å². The highest BCUT2D eigenvalue weighted by Gasteiger charge is 2.35. The molecule has 4 nitrogen and oxygen atoms in total. The second kappa shape index (κ2) is 5.83. The van der Waals surface area contributed by atoms with Crippen LogP contribution in [0.2, 0.25) is 0 Å². The maximum Gasteiger partial charge on any atom is 0.310 e. The highest BCUT2D eigenvalue weighted by atomic mass is 16.5. The molecule has 2 unspecified atom stereocenters. The zero-order chi connectivity index (χ0) is 12.3. The molecule has 0 aromatic carbocycles. The monoisotopic (exact) mass is 240 g/mol. The number of nitrogens with zero attached hydrogens (tertiary/aromatic N) is 1. The number of rotatable bonds is 6. The Morgan fingerprint density at radius 3 is 2.76 bits per heavy atom. The van der Waals surface area contributed by atoms with Crippen LogP contribution in [0.4, 0.5) is 0 Å². The molecule has 0 spiro atoms. The Balaban J connectivity index is 1.86. The number of carbonyl (C=O) groups excluding carboxylic acids is 1. The van der Waals surface area contributed by atoms with Crippen molar-refractivity contribution in [2.45, 2.75) is 32.2 Å². The minimum atomic E-state index is -0.0406. The Hall–Kier alpha value is -0.610. The van der Waals surface area contributed by atoms with Gasteiger partial charge in [0.05, 0.1) is 13.0 Å². The van der Waals surface area contributed by atoms with Crippen molar-refractivity contribution >= 4 is 5.97 Å². The molecule has 0 radical (unpaired) electrons. The molecule has 1 aliphatic carbocycles. The fourth-order valence-corrected chi connectivity index (χ4v) is 2.65.